The molecular formula is C13H20N4O3. The van der Waals surface area contributed by atoms with E-state index in [2.05, 4.69) is 5.10 Å². The Morgan fingerprint density at radius 1 is 1.50 bits per heavy atom. The minimum Gasteiger partial charge on any atom is -0.396 e. The fourth-order valence-corrected chi connectivity index (χ4v) is 2.92. The van der Waals surface area contributed by atoms with Crippen molar-refractivity contribution < 1.29 is 14.3 Å². The minimum atomic E-state index is -0.611. The van der Waals surface area contributed by atoms with Gasteiger partial charge < -0.3 is 20.1 Å². The van der Waals surface area contributed by atoms with Crippen molar-refractivity contribution in [2.24, 2.45) is 0 Å². The first kappa shape index (κ1) is 13.4. The van der Waals surface area contributed by atoms with Crippen LogP contribution in [-0.4, -0.2) is 52.7 Å². The van der Waals surface area contributed by atoms with E-state index in [4.69, 9.17) is 15.2 Å². The molecule has 2 N–H and O–H groups in total. The van der Waals surface area contributed by atoms with Gasteiger partial charge in [0, 0.05) is 19.5 Å². The monoisotopic (exact) mass is 280 g/mol. The molecule has 0 bridgehead atoms. The van der Waals surface area contributed by atoms with Gasteiger partial charge in [-0.15, -0.1) is 0 Å². The molecule has 20 heavy (non-hydrogen) atoms. The van der Waals surface area contributed by atoms with Crippen molar-refractivity contribution in [3.63, 3.8) is 0 Å². The van der Waals surface area contributed by atoms with E-state index < -0.39 is 5.79 Å². The number of nitrogens with zero attached hydrogens (tertiary/aromatic N) is 3. The first-order valence-corrected chi connectivity index (χ1v) is 7.04. The van der Waals surface area contributed by atoms with Crippen LogP contribution in [0.2, 0.25) is 0 Å². The zero-order valence-corrected chi connectivity index (χ0v) is 11.7. The van der Waals surface area contributed by atoms with Crippen molar-refractivity contribution in [2.45, 2.75) is 32.1 Å². The molecule has 3 rings (SSSR count). The van der Waals surface area contributed by atoms with E-state index in [9.17, 15) is 4.79 Å². The van der Waals surface area contributed by atoms with Crippen LogP contribution in [0.5, 0.6) is 0 Å². The maximum absolute atomic E-state index is 12.7. The number of anilines is 1. The Labute approximate surface area is 117 Å². The standard InChI is InChI=1S/C13H20N4O3/c1-2-17-11(10(14)8-15-17)12(18)16-5-3-4-13(9-16)19-6-7-20-13/h8H,2-7,9,14H2,1H3. The quantitative estimate of drug-likeness (QED) is 0.851. The lowest BCUT2D eigenvalue weighted by Gasteiger charge is -2.38. The minimum absolute atomic E-state index is 0.0972. The Morgan fingerprint density at radius 2 is 2.25 bits per heavy atom. The third-order valence-electron chi connectivity index (χ3n) is 3.89. The highest BCUT2D eigenvalue weighted by atomic mass is 16.7. The molecule has 0 radical (unpaired) electrons. The van der Waals surface area contributed by atoms with E-state index in [1.54, 1.807) is 9.58 Å². The van der Waals surface area contributed by atoms with Crippen molar-refractivity contribution in [1.82, 2.24) is 14.7 Å². The summed E-state index contributed by atoms with van der Waals surface area (Å²) >= 11 is 0. The Kier molecular flexibility index (Phi) is 3.39. The van der Waals surface area contributed by atoms with Gasteiger partial charge in [-0.3, -0.25) is 9.48 Å². The number of aromatic nitrogens is 2. The van der Waals surface area contributed by atoms with E-state index in [1.807, 2.05) is 6.92 Å². The van der Waals surface area contributed by atoms with Crippen LogP contribution < -0.4 is 5.73 Å². The van der Waals surface area contributed by atoms with Crippen molar-refractivity contribution in [1.29, 1.82) is 0 Å². The second-order valence-corrected chi connectivity index (χ2v) is 5.20. The summed E-state index contributed by atoms with van der Waals surface area (Å²) in [7, 11) is 0. The molecule has 1 aromatic heterocycles. The van der Waals surface area contributed by atoms with Crippen LogP contribution in [0, 0.1) is 0 Å². The number of hydrogen-bond donors (Lipinski definition) is 1. The molecule has 2 aliphatic heterocycles. The lowest BCUT2D eigenvalue weighted by molar-refractivity contribution is -0.183. The number of ether oxygens (including phenoxy) is 2. The van der Waals surface area contributed by atoms with Gasteiger partial charge in [0.05, 0.1) is 31.6 Å². The molecule has 0 aromatic carbocycles. The Morgan fingerprint density at radius 3 is 2.95 bits per heavy atom. The number of carbonyl (C=O) groups excluding carboxylic acids is 1. The fourth-order valence-electron chi connectivity index (χ4n) is 2.92. The third-order valence-corrected chi connectivity index (χ3v) is 3.89. The summed E-state index contributed by atoms with van der Waals surface area (Å²) in [4.78, 5) is 14.4. The summed E-state index contributed by atoms with van der Waals surface area (Å²) in [6.45, 7) is 4.89. The molecule has 2 saturated heterocycles. The molecule has 0 saturated carbocycles. The third kappa shape index (κ3) is 2.16. The SMILES string of the molecule is CCn1ncc(N)c1C(=O)N1CCCC2(C1)OCCO2. The van der Waals surface area contributed by atoms with Crippen molar-refractivity contribution in [3.8, 4) is 0 Å². The molecule has 7 nitrogen and oxygen atoms in total. The van der Waals surface area contributed by atoms with Crippen LogP contribution >= 0.6 is 0 Å². The predicted molar refractivity (Wildman–Crippen MR) is 72.1 cm³/mol. The number of nitrogens with two attached hydrogens (primary N) is 1. The van der Waals surface area contributed by atoms with E-state index in [0.717, 1.165) is 12.8 Å². The van der Waals surface area contributed by atoms with Gasteiger partial charge in [0.1, 0.15) is 5.69 Å². The molecule has 0 unspecified atom stereocenters. The second kappa shape index (κ2) is 5.06. The zero-order chi connectivity index (χ0) is 14.2. The van der Waals surface area contributed by atoms with Crippen LogP contribution in [0.3, 0.4) is 0 Å². The lowest BCUT2D eigenvalue weighted by atomic mass is 10.0. The fraction of sp³-hybridized carbons (Fsp3) is 0.692. The molecule has 110 valence electrons. The first-order valence-electron chi connectivity index (χ1n) is 7.04. The number of piperidine rings is 1. The largest absolute Gasteiger partial charge is 0.396 e. The second-order valence-electron chi connectivity index (χ2n) is 5.20. The number of aryl methyl sites for hydroxylation is 1. The maximum atomic E-state index is 12.7. The van der Waals surface area contributed by atoms with Crippen LogP contribution in [0.4, 0.5) is 5.69 Å². The van der Waals surface area contributed by atoms with Gasteiger partial charge in [-0.2, -0.15) is 5.10 Å². The number of rotatable bonds is 2. The van der Waals surface area contributed by atoms with Crippen molar-refractivity contribution in [2.75, 3.05) is 32.0 Å². The Balaban J connectivity index is 1.81. The highest BCUT2D eigenvalue weighted by Crippen LogP contribution is 2.31. The summed E-state index contributed by atoms with van der Waals surface area (Å²) in [6, 6.07) is 0. The molecule has 1 amide bonds. The molecular weight excluding hydrogens is 260 g/mol. The average molecular weight is 280 g/mol. The number of amides is 1. The summed E-state index contributed by atoms with van der Waals surface area (Å²) < 4.78 is 13.0. The van der Waals surface area contributed by atoms with E-state index in [1.165, 1.54) is 6.20 Å². The van der Waals surface area contributed by atoms with Crippen LogP contribution in [0.25, 0.3) is 0 Å². The Hall–Kier alpha value is -1.60. The van der Waals surface area contributed by atoms with E-state index in [-0.39, 0.29) is 5.91 Å². The number of likely N-dealkylation sites (tertiary alicyclic amines) is 1. The van der Waals surface area contributed by atoms with Crippen LogP contribution in [0.1, 0.15) is 30.3 Å². The molecule has 1 aromatic rings. The van der Waals surface area contributed by atoms with Crippen molar-refractivity contribution >= 4 is 11.6 Å². The average Bonchev–Trinajstić information content (AvgIpc) is 3.05. The van der Waals surface area contributed by atoms with Crippen LogP contribution in [0.15, 0.2) is 6.20 Å². The number of carbonyl (C=O) groups is 1. The topological polar surface area (TPSA) is 82.6 Å². The highest BCUT2D eigenvalue weighted by molar-refractivity contribution is 5.97. The molecule has 7 heteroatoms. The van der Waals surface area contributed by atoms with E-state index >= 15 is 0 Å². The maximum Gasteiger partial charge on any atom is 0.274 e. The van der Waals surface area contributed by atoms with Crippen molar-refractivity contribution in [3.05, 3.63) is 11.9 Å². The molecule has 2 aliphatic rings. The zero-order valence-electron chi connectivity index (χ0n) is 11.7. The van der Waals surface area contributed by atoms with Gasteiger partial charge in [-0.25, -0.2) is 0 Å². The highest BCUT2D eigenvalue weighted by Gasteiger charge is 2.42. The smallest absolute Gasteiger partial charge is 0.274 e. The number of hydrogen-bond acceptors (Lipinski definition) is 5. The van der Waals surface area contributed by atoms with Crippen LogP contribution in [-0.2, 0) is 16.0 Å². The summed E-state index contributed by atoms with van der Waals surface area (Å²) in [5, 5.41) is 4.12. The molecule has 1 spiro atoms. The normalized spacial score (nSPS) is 21.6. The van der Waals surface area contributed by atoms with Gasteiger partial charge in [-0.05, 0) is 13.3 Å². The molecule has 0 aliphatic carbocycles. The molecule has 0 atom stereocenters. The lowest BCUT2D eigenvalue weighted by Crippen LogP contribution is -2.51. The van der Waals surface area contributed by atoms with E-state index in [0.29, 0.717) is 44.2 Å². The molecule has 2 fully saturated rings. The van der Waals surface area contributed by atoms with Gasteiger partial charge in [0.25, 0.3) is 5.91 Å². The predicted octanol–water partition coefficient (Wildman–Crippen LogP) is 0.464. The molecule has 3 heterocycles. The number of nitrogen functional groups attached to an aromatic ring is 1. The van der Waals surface area contributed by atoms with Gasteiger partial charge in [0.2, 0.25) is 0 Å². The summed E-state index contributed by atoms with van der Waals surface area (Å²) in [5.74, 6) is -0.709. The van der Waals surface area contributed by atoms with Gasteiger partial charge in [0.15, 0.2) is 5.79 Å². The van der Waals surface area contributed by atoms with Gasteiger partial charge in [-0.1, -0.05) is 0 Å². The first-order chi connectivity index (χ1) is 9.65. The summed E-state index contributed by atoms with van der Waals surface area (Å²) in [5.41, 5.74) is 6.76. The summed E-state index contributed by atoms with van der Waals surface area (Å²) in [6.07, 6.45) is 3.23. The Bertz CT molecular complexity index is 508. The van der Waals surface area contributed by atoms with Gasteiger partial charge >= 0.3 is 0 Å².